The Balaban J connectivity index is 2.84. The van der Waals surface area contributed by atoms with E-state index in [0.29, 0.717) is 11.3 Å². The van der Waals surface area contributed by atoms with E-state index < -0.39 is 5.97 Å². The number of H-pyrrole nitrogens is 1. The highest BCUT2D eigenvalue weighted by Crippen LogP contribution is 2.26. The van der Waals surface area contributed by atoms with Gasteiger partial charge in [-0.25, -0.2) is 4.79 Å². The minimum absolute atomic E-state index is 0.123. The summed E-state index contributed by atoms with van der Waals surface area (Å²) in [6.45, 7) is 1.94. The van der Waals surface area contributed by atoms with Crippen molar-refractivity contribution in [2.45, 2.75) is 13.5 Å². The number of halogens is 1. The van der Waals surface area contributed by atoms with Crippen molar-refractivity contribution in [2.75, 3.05) is 0 Å². The van der Waals surface area contributed by atoms with Gasteiger partial charge in [-0.1, -0.05) is 0 Å². The number of hydrogen-bond donors (Lipinski definition) is 1. The van der Waals surface area contributed by atoms with Crippen molar-refractivity contribution in [1.29, 1.82) is 0 Å². The molecule has 1 aliphatic rings. The summed E-state index contributed by atoms with van der Waals surface area (Å²) in [5.74, 6) is -0.544. The number of aromatic nitrogens is 1. The lowest BCUT2D eigenvalue weighted by Crippen LogP contribution is -2.17. The number of cyclic esters (lactones) is 1. The predicted octanol–water partition coefficient (Wildman–Crippen LogP) is 1.12. The second-order valence-corrected chi connectivity index (χ2v) is 3.62. The zero-order valence-electron chi connectivity index (χ0n) is 6.81. The van der Waals surface area contributed by atoms with Crippen molar-refractivity contribution in [2.24, 2.45) is 0 Å². The average molecular weight is 244 g/mol. The van der Waals surface area contributed by atoms with Crippen molar-refractivity contribution in [1.82, 2.24) is 4.98 Å². The number of hydrogen-bond acceptors (Lipinski definition) is 3. The highest BCUT2D eigenvalue weighted by atomic mass is 79.9. The van der Waals surface area contributed by atoms with Gasteiger partial charge in [0, 0.05) is 15.7 Å². The molecule has 4 nitrogen and oxygen atoms in total. The molecule has 2 rings (SSSR count). The van der Waals surface area contributed by atoms with Gasteiger partial charge in [0.25, 0.3) is 5.56 Å². The molecule has 0 saturated carbocycles. The molecule has 1 aromatic rings. The van der Waals surface area contributed by atoms with Crippen LogP contribution in [0.5, 0.6) is 0 Å². The molecule has 0 aliphatic carbocycles. The number of fused-ring (bicyclic) bond motifs is 1. The van der Waals surface area contributed by atoms with Crippen LogP contribution in [0.15, 0.2) is 9.27 Å². The van der Waals surface area contributed by atoms with E-state index in [4.69, 9.17) is 4.74 Å². The van der Waals surface area contributed by atoms with E-state index in [1.165, 1.54) is 0 Å². The molecule has 0 spiro atoms. The Morgan fingerprint density at radius 2 is 2.15 bits per heavy atom. The van der Waals surface area contributed by atoms with Gasteiger partial charge in [0.15, 0.2) is 0 Å². The number of esters is 1. The van der Waals surface area contributed by atoms with E-state index >= 15 is 0 Å². The molecule has 1 aromatic heterocycles. The maximum Gasteiger partial charge on any atom is 0.344 e. The summed E-state index contributed by atoms with van der Waals surface area (Å²) in [7, 11) is 0. The molecule has 1 N–H and O–H groups in total. The molecule has 0 amide bonds. The second-order valence-electron chi connectivity index (χ2n) is 2.82. The summed E-state index contributed by atoms with van der Waals surface area (Å²) in [6.07, 6.45) is 0. The van der Waals surface area contributed by atoms with Crippen LogP contribution < -0.4 is 5.56 Å². The molecule has 5 heteroatoms. The molecule has 0 unspecified atom stereocenters. The van der Waals surface area contributed by atoms with Gasteiger partial charge in [-0.2, -0.15) is 0 Å². The fourth-order valence-corrected chi connectivity index (χ4v) is 1.73. The van der Waals surface area contributed by atoms with Gasteiger partial charge in [0.2, 0.25) is 0 Å². The molecule has 2 heterocycles. The quantitative estimate of drug-likeness (QED) is 0.695. The van der Waals surface area contributed by atoms with Gasteiger partial charge in [-0.05, 0) is 22.9 Å². The predicted molar refractivity (Wildman–Crippen MR) is 48.6 cm³/mol. The standard InChI is InChI=1S/C8H6BrNO3/c1-3-6(9)4-2-13-8(12)5(4)7(11)10-3/h2H2,1H3,(H,10,11). The number of aromatic amines is 1. The summed E-state index contributed by atoms with van der Waals surface area (Å²) >= 11 is 3.29. The molecule has 0 atom stereocenters. The lowest BCUT2D eigenvalue weighted by molar-refractivity contribution is 0.0533. The Labute approximate surface area is 82.0 Å². The van der Waals surface area contributed by atoms with E-state index in [9.17, 15) is 9.59 Å². The van der Waals surface area contributed by atoms with Crippen LogP contribution in [-0.4, -0.2) is 11.0 Å². The zero-order valence-corrected chi connectivity index (χ0v) is 8.40. The van der Waals surface area contributed by atoms with Gasteiger partial charge >= 0.3 is 5.97 Å². The van der Waals surface area contributed by atoms with E-state index in [1.54, 1.807) is 6.92 Å². The Morgan fingerprint density at radius 1 is 1.46 bits per heavy atom. The number of ether oxygens (including phenoxy) is 1. The molecular weight excluding hydrogens is 238 g/mol. The molecule has 0 saturated heterocycles. The van der Waals surface area contributed by atoms with Crippen LogP contribution in [0.25, 0.3) is 0 Å². The molecule has 1 aliphatic heterocycles. The van der Waals surface area contributed by atoms with Gasteiger partial charge in [0.05, 0.1) is 0 Å². The molecule has 13 heavy (non-hydrogen) atoms. The topological polar surface area (TPSA) is 59.2 Å². The number of carbonyl (C=O) groups is 1. The first-order valence-electron chi connectivity index (χ1n) is 3.69. The zero-order chi connectivity index (χ0) is 9.59. The summed E-state index contributed by atoms with van der Waals surface area (Å²) < 4.78 is 5.49. The smallest absolute Gasteiger partial charge is 0.344 e. The van der Waals surface area contributed by atoms with Gasteiger partial charge in [-0.15, -0.1) is 0 Å². The third-order valence-corrected chi connectivity index (χ3v) is 3.05. The number of carbonyl (C=O) groups excluding carboxylic acids is 1. The summed E-state index contributed by atoms with van der Waals surface area (Å²) in [6, 6.07) is 0. The molecule has 0 fully saturated rings. The third-order valence-electron chi connectivity index (χ3n) is 1.98. The molecule has 0 radical (unpaired) electrons. The van der Waals surface area contributed by atoms with Crippen LogP contribution in [-0.2, 0) is 11.3 Å². The maximum atomic E-state index is 11.3. The Kier molecular flexibility index (Phi) is 1.76. The highest BCUT2D eigenvalue weighted by Gasteiger charge is 2.27. The average Bonchev–Trinajstić information content (AvgIpc) is 2.44. The lowest BCUT2D eigenvalue weighted by Gasteiger charge is -2.00. The van der Waals surface area contributed by atoms with Crippen molar-refractivity contribution in [3.8, 4) is 0 Å². The van der Waals surface area contributed by atoms with Crippen LogP contribution in [0.3, 0.4) is 0 Å². The van der Waals surface area contributed by atoms with Crippen LogP contribution in [0.2, 0.25) is 0 Å². The van der Waals surface area contributed by atoms with Gasteiger partial charge in [0.1, 0.15) is 12.2 Å². The molecule has 0 bridgehead atoms. The van der Waals surface area contributed by atoms with E-state index in [0.717, 1.165) is 4.47 Å². The normalized spacial score (nSPS) is 14.2. The molecular formula is C8H6BrNO3. The number of aryl methyl sites for hydroxylation is 1. The highest BCUT2D eigenvalue weighted by molar-refractivity contribution is 9.10. The number of pyridine rings is 1. The maximum absolute atomic E-state index is 11.3. The number of nitrogens with one attached hydrogen (secondary N) is 1. The molecule has 0 aromatic carbocycles. The lowest BCUT2D eigenvalue weighted by atomic mass is 10.1. The third kappa shape index (κ3) is 1.11. The monoisotopic (exact) mass is 243 g/mol. The van der Waals surface area contributed by atoms with Crippen LogP contribution in [0.4, 0.5) is 0 Å². The first-order valence-corrected chi connectivity index (χ1v) is 4.49. The fraction of sp³-hybridized carbons (Fsp3) is 0.250. The van der Waals surface area contributed by atoms with Crippen molar-refractivity contribution >= 4 is 21.9 Å². The summed E-state index contributed by atoms with van der Waals surface area (Å²) in [5, 5.41) is 0. The van der Waals surface area contributed by atoms with Gasteiger partial charge in [-0.3, -0.25) is 4.79 Å². The summed E-state index contributed by atoms with van der Waals surface area (Å²) in [5.41, 5.74) is 1.10. The Bertz CT molecular complexity index is 449. The van der Waals surface area contributed by atoms with Crippen LogP contribution in [0, 0.1) is 6.92 Å². The Hall–Kier alpha value is -1.10. The molecule has 68 valence electrons. The van der Waals surface area contributed by atoms with Crippen molar-refractivity contribution < 1.29 is 9.53 Å². The fourth-order valence-electron chi connectivity index (χ4n) is 1.32. The van der Waals surface area contributed by atoms with Gasteiger partial charge < -0.3 is 9.72 Å². The minimum atomic E-state index is -0.544. The Morgan fingerprint density at radius 3 is 2.85 bits per heavy atom. The first-order chi connectivity index (χ1) is 6.11. The SMILES string of the molecule is Cc1[nH]c(=O)c2c(c1Br)COC2=O. The van der Waals surface area contributed by atoms with Crippen LogP contribution >= 0.6 is 15.9 Å². The minimum Gasteiger partial charge on any atom is -0.457 e. The van der Waals surface area contributed by atoms with Crippen LogP contribution in [0.1, 0.15) is 21.6 Å². The first kappa shape index (κ1) is 8.50. The largest absolute Gasteiger partial charge is 0.457 e. The van der Waals surface area contributed by atoms with Crippen molar-refractivity contribution in [3.05, 3.63) is 31.6 Å². The number of rotatable bonds is 0. The van der Waals surface area contributed by atoms with E-state index in [2.05, 4.69) is 20.9 Å². The summed E-state index contributed by atoms with van der Waals surface area (Å²) in [4.78, 5) is 25.0. The van der Waals surface area contributed by atoms with Crippen molar-refractivity contribution in [3.63, 3.8) is 0 Å². The van der Waals surface area contributed by atoms with E-state index in [-0.39, 0.29) is 17.7 Å². The second kappa shape index (κ2) is 2.70. The van der Waals surface area contributed by atoms with E-state index in [1.807, 2.05) is 0 Å².